The quantitative estimate of drug-likeness (QED) is 0.704. The van der Waals surface area contributed by atoms with Crippen molar-refractivity contribution >= 4 is 27.6 Å². The van der Waals surface area contributed by atoms with Crippen LogP contribution in [0.25, 0.3) is 0 Å². The molecule has 0 aliphatic carbocycles. The second kappa shape index (κ2) is 7.08. The molecule has 1 aliphatic heterocycles. The van der Waals surface area contributed by atoms with Crippen molar-refractivity contribution in [2.45, 2.75) is 25.0 Å². The van der Waals surface area contributed by atoms with Crippen LogP contribution in [0, 0.1) is 5.92 Å². The van der Waals surface area contributed by atoms with Crippen LogP contribution in [0.15, 0.2) is 0 Å². The van der Waals surface area contributed by atoms with Crippen molar-refractivity contribution in [2.24, 2.45) is 5.92 Å². The summed E-state index contributed by atoms with van der Waals surface area (Å²) < 4.78 is 22.7. The highest BCUT2D eigenvalue weighted by Crippen LogP contribution is 2.17. The van der Waals surface area contributed by atoms with Gasteiger partial charge in [0.15, 0.2) is 9.84 Å². The van der Waals surface area contributed by atoms with E-state index < -0.39 is 32.9 Å². The standard InChI is InChI=1S/C13H22N2O6S/c1-9(22(3,20)21)12(17)14(2)8-11(16)15-6-4-5-10(7-15)13(18)19/h9-10H,4-8H2,1-3H3,(H,18,19). The van der Waals surface area contributed by atoms with Crippen molar-refractivity contribution < 1.29 is 27.9 Å². The van der Waals surface area contributed by atoms with Gasteiger partial charge < -0.3 is 14.9 Å². The summed E-state index contributed by atoms with van der Waals surface area (Å²) >= 11 is 0. The van der Waals surface area contributed by atoms with Crippen molar-refractivity contribution in [2.75, 3.05) is 32.9 Å². The van der Waals surface area contributed by atoms with E-state index in [1.807, 2.05) is 0 Å². The smallest absolute Gasteiger partial charge is 0.308 e. The number of carbonyl (C=O) groups is 3. The van der Waals surface area contributed by atoms with Gasteiger partial charge >= 0.3 is 5.97 Å². The first-order chi connectivity index (χ1) is 10.0. The molecule has 0 bridgehead atoms. The molecule has 9 heteroatoms. The minimum atomic E-state index is -3.52. The van der Waals surface area contributed by atoms with Gasteiger partial charge in [0.25, 0.3) is 0 Å². The number of carboxylic acid groups (broad SMARTS) is 1. The van der Waals surface area contributed by atoms with Crippen LogP contribution in [-0.2, 0) is 24.2 Å². The van der Waals surface area contributed by atoms with Gasteiger partial charge in [0.1, 0.15) is 5.25 Å². The molecule has 1 rings (SSSR count). The van der Waals surface area contributed by atoms with Crippen LogP contribution < -0.4 is 0 Å². The first kappa shape index (κ1) is 18.4. The molecule has 0 saturated carbocycles. The molecule has 2 amide bonds. The summed E-state index contributed by atoms with van der Waals surface area (Å²) in [6.07, 6.45) is 2.09. The maximum atomic E-state index is 12.1. The van der Waals surface area contributed by atoms with Gasteiger partial charge in [-0.25, -0.2) is 8.42 Å². The number of sulfone groups is 1. The highest BCUT2D eigenvalue weighted by atomic mass is 32.2. The highest BCUT2D eigenvalue weighted by Gasteiger charge is 2.31. The van der Waals surface area contributed by atoms with Gasteiger partial charge in [0, 0.05) is 26.4 Å². The summed E-state index contributed by atoms with van der Waals surface area (Å²) in [6.45, 7) is 1.59. The number of amides is 2. The third kappa shape index (κ3) is 4.69. The topological polar surface area (TPSA) is 112 Å². The molecule has 0 aromatic heterocycles. The Kier molecular flexibility index (Phi) is 5.92. The molecular weight excluding hydrogens is 312 g/mol. The van der Waals surface area contributed by atoms with E-state index in [-0.39, 0.29) is 19.0 Å². The van der Waals surface area contributed by atoms with E-state index in [0.717, 1.165) is 11.2 Å². The molecular formula is C13H22N2O6S. The van der Waals surface area contributed by atoms with Crippen molar-refractivity contribution in [1.82, 2.24) is 9.80 Å². The maximum absolute atomic E-state index is 12.1. The summed E-state index contributed by atoms with van der Waals surface area (Å²) in [5.74, 6) is -2.55. The molecule has 0 radical (unpaired) electrons. The average molecular weight is 334 g/mol. The van der Waals surface area contributed by atoms with Crippen LogP contribution in [0.2, 0.25) is 0 Å². The Morgan fingerprint density at radius 3 is 2.45 bits per heavy atom. The molecule has 2 atom stereocenters. The van der Waals surface area contributed by atoms with Crippen LogP contribution in [0.5, 0.6) is 0 Å². The van der Waals surface area contributed by atoms with E-state index in [9.17, 15) is 22.8 Å². The van der Waals surface area contributed by atoms with E-state index in [4.69, 9.17) is 5.11 Å². The summed E-state index contributed by atoms with van der Waals surface area (Å²) in [6, 6.07) is 0. The third-order valence-electron chi connectivity index (χ3n) is 3.86. The molecule has 126 valence electrons. The van der Waals surface area contributed by atoms with Gasteiger partial charge in [-0.15, -0.1) is 0 Å². The molecule has 1 fully saturated rings. The Hall–Kier alpha value is -1.64. The highest BCUT2D eigenvalue weighted by molar-refractivity contribution is 7.92. The number of likely N-dealkylation sites (tertiary alicyclic amines) is 1. The number of hydrogen-bond acceptors (Lipinski definition) is 5. The first-order valence-electron chi connectivity index (χ1n) is 6.98. The van der Waals surface area contributed by atoms with E-state index in [1.165, 1.54) is 18.9 Å². The lowest BCUT2D eigenvalue weighted by atomic mass is 9.98. The zero-order valence-corrected chi connectivity index (χ0v) is 13.8. The average Bonchev–Trinajstić information content (AvgIpc) is 2.44. The van der Waals surface area contributed by atoms with Crippen LogP contribution >= 0.6 is 0 Å². The summed E-state index contributed by atoms with van der Waals surface area (Å²) in [7, 11) is -2.16. The number of rotatable bonds is 5. The van der Waals surface area contributed by atoms with Crippen LogP contribution in [-0.4, -0.2) is 79.3 Å². The Morgan fingerprint density at radius 2 is 1.95 bits per heavy atom. The molecule has 1 N–H and O–H groups in total. The van der Waals surface area contributed by atoms with Crippen molar-refractivity contribution in [3.63, 3.8) is 0 Å². The molecule has 0 aromatic carbocycles. The summed E-state index contributed by atoms with van der Waals surface area (Å²) in [5.41, 5.74) is 0. The molecule has 0 aromatic rings. The number of aliphatic carboxylic acids is 1. The maximum Gasteiger partial charge on any atom is 0.308 e. The molecule has 1 aliphatic rings. The molecule has 8 nitrogen and oxygen atoms in total. The Labute approximate surface area is 130 Å². The van der Waals surface area contributed by atoms with Crippen LogP contribution in [0.4, 0.5) is 0 Å². The zero-order valence-electron chi connectivity index (χ0n) is 13.0. The SMILES string of the molecule is CC(C(=O)N(C)CC(=O)N1CCCC(C(=O)O)C1)S(C)(=O)=O. The number of hydrogen-bond donors (Lipinski definition) is 1. The van der Waals surface area contributed by atoms with Gasteiger partial charge in [-0.2, -0.15) is 0 Å². The molecule has 0 spiro atoms. The number of piperidine rings is 1. The Morgan fingerprint density at radius 1 is 1.36 bits per heavy atom. The minimum Gasteiger partial charge on any atom is -0.481 e. The Balaban J connectivity index is 2.64. The van der Waals surface area contributed by atoms with Gasteiger partial charge in [0.2, 0.25) is 11.8 Å². The van der Waals surface area contributed by atoms with E-state index in [0.29, 0.717) is 19.4 Å². The van der Waals surface area contributed by atoms with E-state index in [1.54, 1.807) is 0 Å². The predicted molar refractivity (Wildman–Crippen MR) is 78.9 cm³/mol. The number of nitrogens with zero attached hydrogens (tertiary/aromatic N) is 2. The van der Waals surface area contributed by atoms with E-state index in [2.05, 4.69) is 0 Å². The lowest BCUT2D eigenvalue weighted by molar-refractivity contribution is -0.147. The van der Waals surface area contributed by atoms with Gasteiger partial charge in [-0.1, -0.05) is 0 Å². The van der Waals surface area contributed by atoms with Crippen molar-refractivity contribution in [3.8, 4) is 0 Å². The fourth-order valence-corrected chi connectivity index (χ4v) is 2.83. The summed E-state index contributed by atoms with van der Waals surface area (Å²) in [4.78, 5) is 37.6. The number of carboxylic acids is 1. The molecule has 1 heterocycles. The van der Waals surface area contributed by atoms with Gasteiger partial charge in [-0.05, 0) is 19.8 Å². The summed E-state index contributed by atoms with van der Waals surface area (Å²) in [5, 5.41) is 7.79. The zero-order chi connectivity index (χ0) is 17.1. The van der Waals surface area contributed by atoms with Crippen LogP contribution in [0.1, 0.15) is 19.8 Å². The lowest BCUT2D eigenvalue weighted by Crippen LogP contribution is -2.48. The number of likely N-dealkylation sites (N-methyl/N-ethyl adjacent to an activating group) is 1. The fraction of sp³-hybridized carbons (Fsp3) is 0.769. The number of carbonyl (C=O) groups excluding carboxylic acids is 2. The second-order valence-corrected chi connectivity index (χ2v) is 8.05. The monoisotopic (exact) mass is 334 g/mol. The molecule has 2 unspecified atom stereocenters. The predicted octanol–water partition coefficient (Wildman–Crippen LogP) is -0.799. The fourth-order valence-electron chi connectivity index (χ4n) is 2.28. The first-order valence-corrected chi connectivity index (χ1v) is 8.94. The Bertz CT molecular complexity index is 559. The van der Waals surface area contributed by atoms with Crippen molar-refractivity contribution in [1.29, 1.82) is 0 Å². The second-order valence-electron chi connectivity index (χ2n) is 5.68. The molecule has 1 saturated heterocycles. The normalized spacial score (nSPS) is 20.3. The largest absolute Gasteiger partial charge is 0.481 e. The van der Waals surface area contributed by atoms with Crippen LogP contribution in [0.3, 0.4) is 0 Å². The minimum absolute atomic E-state index is 0.123. The van der Waals surface area contributed by atoms with Crippen molar-refractivity contribution in [3.05, 3.63) is 0 Å². The van der Waals surface area contributed by atoms with Gasteiger partial charge in [-0.3, -0.25) is 14.4 Å². The van der Waals surface area contributed by atoms with E-state index >= 15 is 0 Å². The third-order valence-corrected chi connectivity index (χ3v) is 5.35. The lowest BCUT2D eigenvalue weighted by Gasteiger charge is -2.32. The molecule has 22 heavy (non-hydrogen) atoms. The van der Waals surface area contributed by atoms with Gasteiger partial charge in [0.05, 0.1) is 12.5 Å².